The zero-order valence-corrected chi connectivity index (χ0v) is 18.0. The third kappa shape index (κ3) is 4.60. The quantitative estimate of drug-likeness (QED) is 0.549. The maximum absolute atomic E-state index is 13.0. The Hall–Kier alpha value is -3.61. The summed E-state index contributed by atoms with van der Waals surface area (Å²) in [6, 6.07) is 13.3. The Balaban J connectivity index is 1.49. The highest BCUT2D eigenvalue weighted by Crippen LogP contribution is 2.37. The molecule has 160 valence electrons. The van der Waals surface area contributed by atoms with Crippen LogP contribution in [0, 0.1) is 0 Å². The number of fused-ring (bicyclic) bond motifs is 1. The van der Waals surface area contributed by atoms with Gasteiger partial charge < -0.3 is 20.7 Å². The lowest BCUT2D eigenvalue weighted by atomic mass is 9.78. The summed E-state index contributed by atoms with van der Waals surface area (Å²) in [5.41, 5.74) is 4.68. The zero-order valence-electron chi connectivity index (χ0n) is 18.0. The fourth-order valence-corrected chi connectivity index (χ4v) is 3.79. The van der Waals surface area contributed by atoms with E-state index in [1.165, 1.54) is 5.56 Å². The smallest absolute Gasteiger partial charge is 0.259 e. The predicted octanol–water partition coefficient (Wildman–Crippen LogP) is 4.44. The van der Waals surface area contributed by atoms with Crippen molar-refractivity contribution in [3.05, 3.63) is 71.5 Å². The van der Waals surface area contributed by atoms with Crippen molar-refractivity contribution in [1.29, 1.82) is 0 Å². The number of rotatable bonds is 6. The summed E-state index contributed by atoms with van der Waals surface area (Å²) < 4.78 is 5.16. The molecular formula is C24H27N5O2. The van der Waals surface area contributed by atoms with Crippen molar-refractivity contribution in [2.75, 3.05) is 29.6 Å². The molecule has 3 aromatic rings. The Morgan fingerprint density at radius 3 is 2.87 bits per heavy atom. The minimum Gasteiger partial charge on any atom is -0.481 e. The molecular weight excluding hydrogens is 390 g/mol. The number of hydrogen-bond donors (Lipinski definition) is 3. The van der Waals surface area contributed by atoms with Gasteiger partial charge in [0.05, 0.1) is 12.7 Å². The molecule has 3 N–H and O–H groups in total. The second-order valence-corrected chi connectivity index (χ2v) is 8.23. The van der Waals surface area contributed by atoms with Crippen LogP contribution in [-0.4, -0.2) is 29.5 Å². The van der Waals surface area contributed by atoms with Crippen LogP contribution >= 0.6 is 0 Å². The van der Waals surface area contributed by atoms with Crippen LogP contribution < -0.4 is 20.7 Å². The zero-order chi connectivity index (χ0) is 21.8. The average molecular weight is 418 g/mol. The molecule has 31 heavy (non-hydrogen) atoms. The number of anilines is 3. The lowest BCUT2D eigenvalue weighted by Crippen LogP contribution is -2.28. The first-order valence-electron chi connectivity index (χ1n) is 10.3. The van der Waals surface area contributed by atoms with Gasteiger partial charge in [-0.2, -0.15) is 0 Å². The molecule has 0 bridgehead atoms. The topological polar surface area (TPSA) is 88.2 Å². The predicted molar refractivity (Wildman–Crippen MR) is 123 cm³/mol. The van der Waals surface area contributed by atoms with Crippen molar-refractivity contribution >= 4 is 23.1 Å². The number of benzene rings is 1. The van der Waals surface area contributed by atoms with Gasteiger partial charge in [-0.05, 0) is 53.3 Å². The summed E-state index contributed by atoms with van der Waals surface area (Å²) in [5, 5.41) is 9.68. The van der Waals surface area contributed by atoms with E-state index in [1.54, 1.807) is 31.6 Å². The van der Waals surface area contributed by atoms with Crippen LogP contribution in [0.1, 0.15) is 41.8 Å². The highest BCUT2D eigenvalue weighted by atomic mass is 16.5. The number of carbonyl (C=O) groups excluding carboxylic acids is 1. The largest absolute Gasteiger partial charge is 0.481 e. The minimum atomic E-state index is -0.210. The standard InChI is InChI=1S/C24H27N5O2/c1-24(2)9-12-25-20-14-17(6-7-19(20)24)29-23(30)18-5-4-10-27-22(18)28-15-16-8-11-26-21(13-16)31-3/h4-8,10-11,13-14,25H,9,12,15H2,1-3H3,(H,27,28)(H,29,30). The van der Waals surface area contributed by atoms with Crippen LogP contribution in [0.4, 0.5) is 17.2 Å². The first-order valence-corrected chi connectivity index (χ1v) is 10.3. The van der Waals surface area contributed by atoms with Gasteiger partial charge in [0, 0.05) is 42.9 Å². The maximum atomic E-state index is 13.0. The van der Waals surface area contributed by atoms with Crippen LogP contribution in [0.2, 0.25) is 0 Å². The molecule has 2 aromatic heterocycles. The maximum Gasteiger partial charge on any atom is 0.259 e. The van der Waals surface area contributed by atoms with E-state index in [4.69, 9.17) is 4.74 Å². The number of pyridine rings is 2. The Kier molecular flexibility index (Phi) is 5.75. The number of amides is 1. The minimum absolute atomic E-state index is 0.124. The van der Waals surface area contributed by atoms with Crippen molar-refractivity contribution < 1.29 is 9.53 Å². The molecule has 1 aliphatic rings. The van der Waals surface area contributed by atoms with E-state index in [0.29, 0.717) is 23.8 Å². The van der Waals surface area contributed by atoms with E-state index >= 15 is 0 Å². The van der Waals surface area contributed by atoms with E-state index in [1.807, 2.05) is 24.3 Å². The highest BCUT2D eigenvalue weighted by Gasteiger charge is 2.27. The van der Waals surface area contributed by atoms with Gasteiger partial charge in [0.15, 0.2) is 0 Å². The van der Waals surface area contributed by atoms with Gasteiger partial charge in [-0.25, -0.2) is 9.97 Å². The molecule has 1 amide bonds. The molecule has 0 saturated heterocycles. The summed E-state index contributed by atoms with van der Waals surface area (Å²) >= 11 is 0. The number of nitrogens with zero attached hydrogens (tertiary/aromatic N) is 2. The molecule has 1 aliphatic heterocycles. The number of hydrogen-bond acceptors (Lipinski definition) is 6. The van der Waals surface area contributed by atoms with Gasteiger partial charge in [0.2, 0.25) is 5.88 Å². The average Bonchev–Trinajstić information content (AvgIpc) is 2.77. The number of nitrogens with one attached hydrogen (secondary N) is 3. The molecule has 0 saturated carbocycles. The Labute approximate surface area is 182 Å². The molecule has 7 nitrogen and oxygen atoms in total. The van der Waals surface area contributed by atoms with E-state index in [0.717, 1.165) is 29.9 Å². The molecule has 0 unspecified atom stereocenters. The summed E-state index contributed by atoms with van der Waals surface area (Å²) in [4.78, 5) is 21.5. The van der Waals surface area contributed by atoms with E-state index in [-0.39, 0.29) is 11.3 Å². The number of aromatic nitrogens is 2. The molecule has 0 spiro atoms. The fraction of sp³-hybridized carbons (Fsp3) is 0.292. The monoisotopic (exact) mass is 417 g/mol. The lowest BCUT2D eigenvalue weighted by Gasteiger charge is -2.33. The summed E-state index contributed by atoms with van der Waals surface area (Å²) in [6.07, 6.45) is 4.43. The molecule has 7 heteroatoms. The van der Waals surface area contributed by atoms with Crippen LogP contribution in [-0.2, 0) is 12.0 Å². The second kappa shape index (κ2) is 8.63. The molecule has 0 atom stereocenters. The van der Waals surface area contributed by atoms with Crippen molar-refractivity contribution in [2.45, 2.75) is 32.2 Å². The summed E-state index contributed by atoms with van der Waals surface area (Å²) in [5.74, 6) is 0.855. The number of ether oxygens (including phenoxy) is 1. The highest BCUT2D eigenvalue weighted by molar-refractivity contribution is 6.07. The van der Waals surface area contributed by atoms with Crippen molar-refractivity contribution in [1.82, 2.24) is 9.97 Å². The third-order valence-corrected chi connectivity index (χ3v) is 5.59. The summed E-state index contributed by atoms with van der Waals surface area (Å²) in [7, 11) is 1.58. The second-order valence-electron chi connectivity index (χ2n) is 8.23. The van der Waals surface area contributed by atoms with E-state index in [2.05, 4.69) is 45.8 Å². The normalized spacial score (nSPS) is 14.2. The Morgan fingerprint density at radius 1 is 1.16 bits per heavy atom. The van der Waals surface area contributed by atoms with Gasteiger partial charge in [0.1, 0.15) is 5.82 Å². The van der Waals surface area contributed by atoms with Crippen molar-refractivity contribution in [3.63, 3.8) is 0 Å². The molecule has 3 heterocycles. The van der Waals surface area contributed by atoms with E-state index < -0.39 is 0 Å². The SMILES string of the molecule is COc1cc(CNc2ncccc2C(=O)Nc2ccc3c(c2)NCCC3(C)C)ccn1. The molecule has 0 radical (unpaired) electrons. The molecule has 4 rings (SSSR count). The first-order chi connectivity index (χ1) is 15.0. The van der Waals surface area contributed by atoms with Gasteiger partial charge in [-0.15, -0.1) is 0 Å². The Bertz CT molecular complexity index is 1100. The third-order valence-electron chi connectivity index (χ3n) is 5.59. The molecule has 1 aromatic carbocycles. The van der Waals surface area contributed by atoms with Gasteiger partial charge in [-0.3, -0.25) is 4.79 Å². The van der Waals surface area contributed by atoms with Crippen molar-refractivity contribution in [3.8, 4) is 5.88 Å². The van der Waals surface area contributed by atoms with Gasteiger partial charge in [0.25, 0.3) is 5.91 Å². The van der Waals surface area contributed by atoms with Crippen LogP contribution in [0.5, 0.6) is 5.88 Å². The Morgan fingerprint density at radius 2 is 2.03 bits per heavy atom. The van der Waals surface area contributed by atoms with E-state index in [9.17, 15) is 4.79 Å². The summed E-state index contributed by atoms with van der Waals surface area (Å²) in [6.45, 7) is 5.91. The van der Waals surface area contributed by atoms with Gasteiger partial charge in [-0.1, -0.05) is 19.9 Å². The molecule has 0 fully saturated rings. The molecule has 0 aliphatic carbocycles. The number of methoxy groups -OCH3 is 1. The lowest BCUT2D eigenvalue weighted by molar-refractivity contribution is 0.102. The van der Waals surface area contributed by atoms with Crippen LogP contribution in [0.3, 0.4) is 0 Å². The fourth-order valence-electron chi connectivity index (χ4n) is 3.79. The van der Waals surface area contributed by atoms with Crippen LogP contribution in [0.15, 0.2) is 54.9 Å². The number of carbonyl (C=O) groups is 1. The van der Waals surface area contributed by atoms with Crippen molar-refractivity contribution in [2.24, 2.45) is 0 Å². The van der Waals surface area contributed by atoms with Gasteiger partial charge >= 0.3 is 0 Å². The first kappa shape index (κ1) is 20.7. The van der Waals surface area contributed by atoms with Crippen LogP contribution in [0.25, 0.3) is 0 Å².